The third-order valence-corrected chi connectivity index (χ3v) is 4.78. The van der Waals surface area contributed by atoms with E-state index in [4.69, 9.17) is 9.84 Å². The van der Waals surface area contributed by atoms with E-state index in [-0.39, 0.29) is 6.61 Å². The molecule has 1 aromatic rings. The van der Waals surface area contributed by atoms with Gasteiger partial charge in [-0.3, -0.25) is 4.79 Å². The fourth-order valence-corrected chi connectivity index (χ4v) is 3.00. The molecule has 4 nitrogen and oxygen atoms in total. The van der Waals surface area contributed by atoms with E-state index >= 15 is 0 Å². The van der Waals surface area contributed by atoms with Crippen LogP contribution in [0.3, 0.4) is 0 Å². The van der Waals surface area contributed by atoms with Crippen LogP contribution in [-0.2, 0) is 16.1 Å². The van der Waals surface area contributed by atoms with E-state index in [1.807, 2.05) is 0 Å². The van der Waals surface area contributed by atoms with Gasteiger partial charge in [0.2, 0.25) is 11.6 Å². The van der Waals surface area contributed by atoms with Crippen LogP contribution in [0.5, 0.6) is 5.75 Å². The molecule has 0 aromatic heterocycles. The first-order valence-corrected chi connectivity index (χ1v) is 7.87. The van der Waals surface area contributed by atoms with Crippen molar-refractivity contribution in [3.05, 3.63) is 40.5 Å². The first-order chi connectivity index (χ1) is 12.0. The predicted molar refractivity (Wildman–Crippen MR) is 84.3 cm³/mol. The van der Waals surface area contributed by atoms with Crippen molar-refractivity contribution in [1.29, 1.82) is 0 Å². The van der Waals surface area contributed by atoms with Crippen LogP contribution < -0.4 is 4.74 Å². The maximum atomic E-state index is 14.0. The zero-order valence-corrected chi connectivity index (χ0v) is 14.9. The van der Waals surface area contributed by atoms with Gasteiger partial charge >= 0.3 is 5.97 Å². The molecule has 1 unspecified atom stereocenters. The molecule has 0 radical (unpaired) electrons. The monoisotopic (exact) mass is 376 g/mol. The topological polar surface area (TPSA) is 55.8 Å². The Kier molecular flexibility index (Phi) is 5.37. The Hall–Kier alpha value is -2.09. The Morgan fingerprint density at radius 1 is 1.15 bits per heavy atom. The van der Waals surface area contributed by atoms with Crippen LogP contribution in [-0.4, -0.2) is 24.8 Å². The summed E-state index contributed by atoms with van der Waals surface area (Å²) in [5, 5.41) is 9.15. The molecule has 26 heavy (non-hydrogen) atoms. The molecule has 1 aliphatic rings. The largest absolute Gasteiger partial charge is 0.491 e. The van der Waals surface area contributed by atoms with Gasteiger partial charge in [-0.25, -0.2) is 8.78 Å². The highest BCUT2D eigenvalue weighted by Crippen LogP contribution is 2.65. The molecule has 0 bridgehead atoms. The van der Waals surface area contributed by atoms with Crippen LogP contribution in [0.2, 0.25) is 0 Å². The van der Waals surface area contributed by atoms with Crippen LogP contribution in [0, 0.1) is 34.1 Å². The average molecular weight is 376 g/mol. The average Bonchev–Trinajstić information content (AvgIpc) is 3.15. The summed E-state index contributed by atoms with van der Waals surface area (Å²) in [6.45, 7) is 3.98. The number of rotatable bonds is 6. The van der Waals surface area contributed by atoms with Crippen molar-refractivity contribution in [3.8, 4) is 5.75 Å². The Morgan fingerprint density at radius 3 is 2.04 bits per heavy atom. The maximum absolute atomic E-state index is 14.0. The van der Waals surface area contributed by atoms with E-state index in [0.717, 1.165) is 7.11 Å². The Morgan fingerprint density at radius 2 is 1.65 bits per heavy atom. The number of halogens is 4. The molecule has 144 valence electrons. The van der Waals surface area contributed by atoms with Gasteiger partial charge in [-0.15, -0.1) is 0 Å². The van der Waals surface area contributed by atoms with Crippen LogP contribution in [0.25, 0.3) is 0 Å². The molecular formula is C18H20F4O4. The molecule has 0 amide bonds. The van der Waals surface area contributed by atoms with E-state index in [2.05, 4.69) is 4.74 Å². The first kappa shape index (κ1) is 20.2. The summed E-state index contributed by atoms with van der Waals surface area (Å²) in [6.07, 6.45) is 1.96. The maximum Gasteiger partial charge on any atom is 0.316 e. The Bertz CT molecular complexity index is 744. The SMILES string of the molecule is COc1c(F)c(F)c(COC(=O)C2(C=C(C)CO)CC2(C)C)c(F)c1F. The summed E-state index contributed by atoms with van der Waals surface area (Å²) in [5.74, 6) is -8.73. The van der Waals surface area contributed by atoms with E-state index in [0.29, 0.717) is 12.0 Å². The molecule has 1 N–H and O–H groups in total. The minimum atomic E-state index is -1.70. The third kappa shape index (κ3) is 3.18. The van der Waals surface area contributed by atoms with Crippen molar-refractivity contribution in [2.45, 2.75) is 33.8 Å². The number of carbonyl (C=O) groups is 1. The molecule has 1 saturated carbocycles. The second-order valence-corrected chi connectivity index (χ2v) is 7.02. The van der Waals surface area contributed by atoms with Crippen LogP contribution >= 0.6 is 0 Å². The zero-order valence-electron chi connectivity index (χ0n) is 14.9. The van der Waals surface area contributed by atoms with Gasteiger partial charge in [0.1, 0.15) is 6.61 Å². The van der Waals surface area contributed by atoms with Crippen molar-refractivity contribution < 1.29 is 36.9 Å². The summed E-state index contributed by atoms with van der Waals surface area (Å²) in [6, 6.07) is 0. The molecule has 1 aliphatic carbocycles. The molecule has 1 atom stereocenters. The highest BCUT2D eigenvalue weighted by Gasteiger charge is 2.66. The second-order valence-electron chi connectivity index (χ2n) is 7.02. The lowest BCUT2D eigenvalue weighted by molar-refractivity contribution is -0.151. The van der Waals surface area contributed by atoms with Crippen molar-refractivity contribution in [3.63, 3.8) is 0 Å². The number of esters is 1. The third-order valence-electron chi connectivity index (χ3n) is 4.78. The van der Waals surface area contributed by atoms with Crippen molar-refractivity contribution >= 4 is 5.97 Å². The highest BCUT2D eigenvalue weighted by molar-refractivity contribution is 5.84. The molecule has 1 aromatic carbocycles. The minimum absolute atomic E-state index is 0.261. The molecule has 2 rings (SSSR count). The molecular weight excluding hydrogens is 356 g/mol. The summed E-state index contributed by atoms with van der Waals surface area (Å²) >= 11 is 0. The van der Waals surface area contributed by atoms with Gasteiger partial charge < -0.3 is 14.6 Å². The summed E-state index contributed by atoms with van der Waals surface area (Å²) in [7, 11) is 0.870. The van der Waals surface area contributed by atoms with Gasteiger partial charge in [0, 0.05) is 0 Å². The lowest BCUT2D eigenvalue weighted by Crippen LogP contribution is -2.23. The number of carbonyl (C=O) groups excluding carboxylic acids is 1. The molecule has 0 saturated heterocycles. The number of hydrogen-bond donors (Lipinski definition) is 1. The van der Waals surface area contributed by atoms with Gasteiger partial charge in [0.25, 0.3) is 0 Å². The van der Waals surface area contributed by atoms with Crippen molar-refractivity contribution in [2.75, 3.05) is 13.7 Å². The standard InChI is InChI=1S/C18H20F4O4/c1-9(6-23)5-18(8-17(18,2)3)16(24)26-7-10-11(19)13(21)15(25-4)14(22)12(10)20/h5,23H,6-8H2,1-4H3. The van der Waals surface area contributed by atoms with E-state index in [1.165, 1.54) is 0 Å². The number of methoxy groups -OCH3 is 1. The van der Waals surface area contributed by atoms with E-state index in [1.54, 1.807) is 26.8 Å². The van der Waals surface area contributed by atoms with Gasteiger partial charge in [-0.1, -0.05) is 25.5 Å². The van der Waals surface area contributed by atoms with Crippen molar-refractivity contribution in [2.24, 2.45) is 10.8 Å². The predicted octanol–water partition coefficient (Wildman–Crippen LogP) is 3.65. The van der Waals surface area contributed by atoms with Crippen LogP contribution in [0.1, 0.15) is 32.8 Å². The number of ether oxygens (including phenoxy) is 2. The van der Waals surface area contributed by atoms with Crippen LogP contribution in [0.4, 0.5) is 17.6 Å². The van der Waals surface area contributed by atoms with Gasteiger partial charge in [0.15, 0.2) is 17.4 Å². The minimum Gasteiger partial charge on any atom is -0.491 e. The van der Waals surface area contributed by atoms with Gasteiger partial charge in [0.05, 0.1) is 24.7 Å². The lowest BCUT2D eigenvalue weighted by Gasteiger charge is -2.17. The number of hydrogen-bond acceptors (Lipinski definition) is 4. The first-order valence-electron chi connectivity index (χ1n) is 7.87. The number of aliphatic hydroxyl groups excluding tert-OH is 1. The molecule has 8 heteroatoms. The van der Waals surface area contributed by atoms with Gasteiger partial charge in [-0.05, 0) is 18.8 Å². The summed E-state index contributed by atoms with van der Waals surface area (Å²) in [4.78, 5) is 12.5. The van der Waals surface area contributed by atoms with Crippen LogP contribution in [0.15, 0.2) is 11.6 Å². The lowest BCUT2D eigenvalue weighted by atomic mass is 9.93. The van der Waals surface area contributed by atoms with E-state index < -0.39 is 58.0 Å². The Labute approximate surface area is 148 Å². The smallest absolute Gasteiger partial charge is 0.316 e. The number of aliphatic hydroxyl groups is 1. The number of benzene rings is 1. The molecule has 0 heterocycles. The quantitative estimate of drug-likeness (QED) is 0.356. The normalized spacial score (nSPS) is 21.5. The summed E-state index contributed by atoms with van der Waals surface area (Å²) in [5.41, 5.74) is -2.04. The van der Waals surface area contributed by atoms with E-state index in [9.17, 15) is 22.4 Å². The molecule has 1 fully saturated rings. The highest BCUT2D eigenvalue weighted by atomic mass is 19.2. The second kappa shape index (κ2) is 6.90. The fourth-order valence-electron chi connectivity index (χ4n) is 3.00. The van der Waals surface area contributed by atoms with Crippen molar-refractivity contribution in [1.82, 2.24) is 0 Å². The Balaban J connectivity index is 2.28. The molecule has 0 spiro atoms. The van der Waals surface area contributed by atoms with Gasteiger partial charge in [-0.2, -0.15) is 8.78 Å². The molecule has 0 aliphatic heterocycles. The fraction of sp³-hybridized carbons (Fsp3) is 0.500. The zero-order chi connectivity index (χ0) is 19.9. The summed E-state index contributed by atoms with van der Waals surface area (Å²) < 4.78 is 64.7.